The molecule has 0 saturated carbocycles. The summed E-state index contributed by atoms with van der Waals surface area (Å²) in [5.41, 5.74) is 7.09. The summed E-state index contributed by atoms with van der Waals surface area (Å²) >= 11 is 0. The Morgan fingerprint density at radius 2 is 2.21 bits per heavy atom. The van der Waals surface area contributed by atoms with Crippen molar-refractivity contribution in [2.45, 2.75) is 18.4 Å². The maximum Gasteiger partial charge on any atom is 0.167 e. The second kappa shape index (κ2) is 4.26. The number of aromatic nitrogens is 4. The van der Waals surface area contributed by atoms with Crippen LogP contribution in [0.15, 0.2) is 24.8 Å². The van der Waals surface area contributed by atoms with E-state index in [0.29, 0.717) is 16.7 Å². The third-order valence-corrected chi connectivity index (χ3v) is 3.17. The van der Waals surface area contributed by atoms with Crippen LogP contribution in [0, 0.1) is 0 Å². The minimum Gasteiger partial charge on any atom is -0.394 e. The van der Waals surface area contributed by atoms with Crippen molar-refractivity contribution in [2.24, 2.45) is 0 Å². The van der Waals surface area contributed by atoms with Gasteiger partial charge in [-0.2, -0.15) is 0 Å². The van der Waals surface area contributed by atoms with Crippen molar-refractivity contribution in [3.8, 4) is 0 Å². The van der Waals surface area contributed by atoms with Crippen molar-refractivity contribution < 1.29 is 14.9 Å². The van der Waals surface area contributed by atoms with Gasteiger partial charge in [0.1, 0.15) is 24.1 Å². The lowest BCUT2D eigenvalue weighted by Gasteiger charge is -2.13. The van der Waals surface area contributed by atoms with E-state index in [1.165, 1.54) is 12.7 Å². The molecule has 2 aromatic heterocycles. The summed E-state index contributed by atoms with van der Waals surface area (Å²) in [7, 11) is 0. The number of fused-ring (bicyclic) bond motifs is 1. The Labute approximate surface area is 108 Å². The van der Waals surface area contributed by atoms with Crippen LogP contribution in [0.1, 0.15) is 6.23 Å². The molecule has 4 N–H and O–H groups in total. The van der Waals surface area contributed by atoms with E-state index in [9.17, 15) is 5.11 Å². The average molecular weight is 263 g/mol. The molecule has 3 rings (SSSR count). The molecule has 3 heterocycles. The van der Waals surface area contributed by atoms with E-state index in [1.807, 2.05) is 0 Å². The fourth-order valence-corrected chi connectivity index (χ4v) is 2.14. The zero-order valence-corrected chi connectivity index (χ0v) is 9.97. The van der Waals surface area contributed by atoms with Crippen LogP contribution in [0.5, 0.6) is 0 Å². The Kier molecular flexibility index (Phi) is 2.70. The molecule has 19 heavy (non-hydrogen) atoms. The third kappa shape index (κ3) is 1.69. The first-order valence-corrected chi connectivity index (χ1v) is 5.69. The number of aliphatic hydroxyl groups excluding tert-OH is 2. The van der Waals surface area contributed by atoms with Gasteiger partial charge < -0.3 is 20.7 Å². The van der Waals surface area contributed by atoms with E-state index in [1.54, 1.807) is 4.57 Å². The molecule has 0 spiro atoms. The minimum absolute atomic E-state index is 0.270. The average Bonchev–Trinajstić information content (AvgIpc) is 2.94. The van der Waals surface area contributed by atoms with Crippen LogP contribution < -0.4 is 5.73 Å². The number of nitrogens with zero attached hydrogens (tertiary/aromatic N) is 4. The van der Waals surface area contributed by atoms with E-state index in [2.05, 4.69) is 21.5 Å². The molecule has 0 aliphatic carbocycles. The van der Waals surface area contributed by atoms with Crippen molar-refractivity contribution >= 4 is 17.0 Å². The summed E-state index contributed by atoms with van der Waals surface area (Å²) in [4.78, 5) is 12.1. The Morgan fingerprint density at radius 1 is 1.42 bits per heavy atom. The highest BCUT2D eigenvalue weighted by Gasteiger charge is 2.38. The van der Waals surface area contributed by atoms with Crippen LogP contribution in [-0.2, 0) is 4.74 Å². The van der Waals surface area contributed by atoms with E-state index in [4.69, 9.17) is 15.6 Å². The molecule has 0 unspecified atom stereocenters. The monoisotopic (exact) mass is 263 g/mol. The zero-order valence-electron chi connectivity index (χ0n) is 9.97. The summed E-state index contributed by atoms with van der Waals surface area (Å²) in [6.07, 6.45) is 0.568. The third-order valence-electron chi connectivity index (χ3n) is 3.17. The van der Waals surface area contributed by atoms with Gasteiger partial charge in [-0.3, -0.25) is 4.57 Å². The molecule has 8 heteroatoms. The van der Waals surface area contributed by atoms with Gasteiger partial charge in [-0.25, -0.2) is 15.0 Å². The standard InChI is InChI=1S/C11H13N5O3/c1-5-8(18)6(2-17)19-11(5)16-4-15-7-9(12)13-3-14-10(7)16/h3-4,6,8,11,17-18H,1-2H2,(H2,12,13,14)/t6-,8+,11-/m1/s1. The molecule has 3 atom stereocenters. The largest absolute Gasteiger partial charge is 0.394 e. The van der Waals surface area contributed by atoms with Crippen molar-refractivity contribution in [2.75, 3.05) is 12.3 Å². The second-order valence-corrected chi connectivity index (χ2v) is 4.31. The number of rotatable bonds is 2. The molecular weight excluding hydrogens is 250 g/mol. The van der Waals surface area contributed by atoms with E-state index < -0.39 is 18.4 Å². The first kappa shape index (κ1) is 12.0. The molecule has 8 nitrogen and oxygen atoms in total. The fourth-order valence-electron chi connectivity index (χ4n) is 2.14. The number of nitrogen functional groups attached to an aromatic ring is 1. The fraction of sp³-hybridized carbons (Fsp3) is 0.364. The van der Waals surface area contributed by atoms with Gasteiger partial charge in [0.2, 0.25) is 0 Å². The Bertz CT molecular complexity index is 640. The van der Waals surface area contributed by atoms with Gasteiger partial charge in [0.15, 0.2) is 17.7 Å². The van der Waals surface area contributed by atoms with Crippen LogP contribution >= 0.6 is 0 Å². The zero-order chi connectivity index (χ0) is 13.6. The second-order valence-electron chi connectivity index (χ2n) is 4.31. The molecule has 1 aliphatic heterocycles. The lowest BCUT2D eigenvalue weighted by Crippen LogP contribution is -2.25. The van der Waals surface area contributed by atoms with Gasteiger partial charge in [-0.1, -0.05) is 6.58 Å². The molecular formula is C11H13N5O3. The first-order valence-electron chi connectivity index (χ1n) is 5.69. The lowest BCUT2D eigenvalue weighted by atomic mass is 10.1. The smallest absolute Gasteiger partial charge is 0.167 e. The van der Waals surface area contributed by atoms with Crippen LogP contribution in [0.4, 0.5) is 5.82 Å². The molecule has 1 aliphatic rings. The summed E-state index contributed by atoms with van der Waals surface area (Å²) in [6, 6.07) is 0. The summed E-state index contributed by atoms with van der Waals surface area (Å²) in [5, 5.41) is 19.0. The molecule has 0 radical (unpaired) electrons. The number of aliphatic hydroxyl groups is 2. The molecule has 1 saturated heterocycles. The first-order chi connectivity index (χ1) is 9.13. The molecule has 2 aromatic rings. The van der Waals surface area contributed by atoms with E-state index >= 15 is 0 Å². The van der Waals surface area contributed by atoms with Crippen LogP contribution in [0.2, 0.25) is 0 Å². The highest BCUT2D eigenvalue weighted by Crippen LogP contribution is 2.34. The Morgan fingerprint density at radius 3 is 2.89 bits per heavy atom. The van der Waals surface area contributed by atoms with E-state index in [-0.39, 0.29) is 12.4 Å². The topological polar surface area (TPSA) is 119 Å². The van der Waals surface area contributed by atoms with Crippen molar-refractivity contribution in [1.82, 2.24) is 19.5 Å². The number of hydrogen-bond donors (Lipinski definition) is 3. The predicted octanol–water partition coefficient (Wildman–Crippen LogP) is -0.785. The number of imidazole rings is 1. The maximum absolute atomic E-state index is 9.88. The summed E-state index contributed by atoms with van der Waals surface area (Å²) < 4.78 is 7.16. The molecule has 100 valence electrons. The quantitative estimate of drug-likeness (QED) is 0.608. The van der Waals surface area contributed by atoms with Gasteiger partial charge >= 0.3 is 0 Å². The normalized spacial score (nSPS) is 27.3. The number of ether oxygens (including phenoxy) is 1. The lowest BCUT2D eigenvalue weighted by molar-refractivity contribution is -0.0422. The van der Waals surface area contributed by atoms with Gasteiger partial charge in [0.25, 0.3) is 0 Å². The van der Waals surface area contributed by atoms with Crippen molar-refractivity contribution in [3.05, 3.63) is 24.8 Å². The summed E-state index contributed by atoms with van der Waals surface area (Å²) in [5.74, 6) is 0.270. The number of nitrogens with two attached hydrogens (primary N) is 1. The van der Waals surface area contributed by atoms with Crippen LogP contribution in [-0.4, -0.2) is 48.5 Å². The van der Waals surface area contributed by atoms with Crippen LogP contribution in [0.25, 0.3) is 11.2 Å². The van der Waals surface area contributed by atoms with E-state index in [0.717, 1.165) is 0 Å². The predicted molar refractivity (Wildman–Crippen MR) is 65.9 cm³/mol. The van der Waals surface area contributed by atoms with Gasteiger partial charge in [0.05, 0.1) is 12.9 Å². The molecule has 1 fully saturated rings. The maximum atomic E-state index is 9.88. The Balaban J connectivity index is 2.06. The van der Waals surface area contributed by atoms with Crippen molar-refractivity contribution in [3.63, 3.8) is 0 Å². The molecule has 0 bridgehead atoms. The van der Waals surface area contributed by atoms with Gasteiger partial charge in [0, 0.05) is 5.57 Å². The Hall–Kier alpha value is -2.03. The van der Waals surface area contributed by atoms with Gasteiger partial charge in [-0.05, 0) is 0 Å². The number of hydrogen-bond acceptors (Lipinski definition) is 7. The molecule has 0 aromatic carbocycles. The SMILES string of the molecule is C=C1[C@H](n2cnc3c(N)ncnc32)O[C@H](CO)[C@H]1O. The minimum atomic E-state index is -0.924. The highest BCUT2D eigenvalue weighted by atomic mass is 16.5. The summed E-state index contributed by atoms with van der Waals surface area (Å²) in [6.45, 7) is 3.50. The van der Waals surface area contributed by atoms with Crippen LogP contribution in [0.3, 0.4) is 0 Å². The van der Waals surface area contributed by atoms with Crippen molar-refractivity contribution in [1.29, 1.82) is 0 Å². The van der Waals surface area contributed by atoms with Gasteiger partial charge in [-0.15, -0.1) is 0 Å². The highest BCUT2D eigenvalue weighted by molar-refractivity contribution is 5.81. The molecule has 0 amide bonds. The number of anilines is 1.